The predicted octanol–water partition coefficient (Wildman–Crippen LogP) is 5.54. The first-order chi connectivity index (χ1) is 26.7. The third-order valence-corrected chi connectivity index (χ3v) is 8.00. The fraction of sp³-hybridized carbons (Fsp3) is 0.395. The molecule has 0 saturated heterocycles. The van der Waals surface area contributed by atoms with Crippen LogP contribution in [-0.4, -0.2) is 117 Å². The van der Waals surface area contributed by atoms with E-state index in [1.807, 2.05) is 54.6 Å². The molecule has 0 aliphatic heterocycles. The van der Waals surface area contributed by atoms with Crippen molar-refractivity contribution < 1.29 is 52.2 Å². The van der Waals surface area contributed by atoms with Crippen LogP contribution in [-0.2, 0) is 53.0 Å². The lowest BCUT2D eigenvalue weighted by Crippen LogP contribution is -2.34. The number of hydrogen-bond donors (Lipinski definition) is 0. The van der Waals surface area contributed by atoms with E-state index in [4.69, 9.17) is 42.6 Å². The van der Waals surface area contributed by atoms with E-state index in [1.165, 1.54) is 0 Å². The molecule has 0 heterocycles. The Labute approximate surface area is 318 Å². The van der Waals surface area contributed by atoms with Crippen molar-refractivity contribution in [1.29, 1.82) is 0 Å². The maximum atomic E-state index is 11.9. The molecule has 0 saturated carbocycles. The number of rotatable bonds is 30. The first-order valence-electron chi connectivity index (χ1n) is 18.3. The second-order valence-corrected chi connectivity index (χ2v) is 11.7. The van der Waals surface area contributed by atoms with Gasteiger partial charge in [-0.25, -0.2) is 4.79 Å². The highest BCUT2D eigenvalue weighted by Gasteiger charge is 2.37. The molecule has 0 N–H and O–H groups in total. The van der Waals surface area contributed by atoms with E-state index in [0.29, 0.717) is 98.1 Å². The van der Waals surface area contributed by atoms with Crippen LogP contribution in [0, 0.1) is 0 Å². The molecule has 290 valence electrons. The lowest BCUT2D eigenvalue weighted by molar-refractivity contribution is -0.139. The molecule has 4 aromatic rings. The molecule has 11 nitrogen and oxygen atoms in total. The topological polar surface area (TPSA) is 117 Å². The van der Waals surface area contributed by atoms with Crippen molar-refractivity contribution >= 4 is 11.8 Å². The average Bonchev–Trinajstić information content (AvgIpc) is 3.23. The molecule has 0 spiro atoms. The number of ether oxygens (including phenoxy) is 9. The second-order valence-electron chi connectivity index (χ2n) is 11.7. The van der Waals surface area contributed by atoms with Crippen LogP contribution < -0.4 is 0 Å². The summed E-state index contributed by atoms with van der Waals surface area (Å²) in [6, 6.07) is 39.1. The van der Waals surface area contributed by atoms with E-state index in [9.17, 15) is 9.59 Å². The minimum absolute atomic E-state index is 0.00484. The van der Waals surface area contributed by atoms with E-state index >= 15 is 0 Å². The summed E-state index contributed by atoms with van der Waals surface area (Å²) in [6.45, 7) is 6.27. The van der Waals surface area contributed by atoms with Crippen LogP contribution in [0.25, 0.3) is 0 Å². The monoisotopic (exact) mass is 744 g/mol. The van der Waals surface area contributed by atoms with Crippen LogP contribution in [0.5, 0.6) is 0 Å². The molecule has 0 amide bonds. The van der Waals surface area contributed by atoms with Gasteiger partial charge in [-0.05, 0) is 16.7 Å². The molecule has 0 fully saturated rings. The number of Topliss-reactive ketones (excluding diaryl/α,β-unsaturated/α-hetero) is 1. The molecule has 4 rings (SSSR count). The highest BCUT2D eigenvalue weighted by atomic mass is 16.6. The maximum Gasteiger partial charge on any atom is 0.379 e. The smallest absolute Gasteiger partial charge is 0.379 e. The van der Waals surface area contributed by atoms with Crippen LogP contribution in [0.2, 0.25) is 0 Å². The van der Waals surface area contributed by atoms with E-state index in [1.54, 1.807) is 30.3 Å². The zero-order valence-corrected chi connectivity index (χ0v) is 30.9. The van der Waals surface area contributed by atoms with Crippen molar-refractivity contribution in [1.82, 2.24) is 0 Å². The molecule has 0 atom stereocenters. The van der Waals surface area contributed by atoms with Gasteiger partial charge < -0.3 is 42.6 Å². The zero-order valence-electron chi connectivity index (χ0n) is 30.9. The summed E-state index contributed by atoms with van der Waals surface area (Å²) < 4.78 is 50.5. The highest BCUT2D eigenvalue weighted by Crippen LogP contribution is 2.40. The van der Waals surface area contributed by atoms with Crippen molar-refractivity contribution in [2.75, 3.05) is 106 Å². The summed E-state index contributed by atoms with van der Waals surface area (Å²) in [5.41, 5.74) is 2.71. The fourth-order valence-electron chi connectivity index (χ4n) is 5.41. The largest absolute Gasteiger partial charge is 0.457 e. The molecule has 0 aliphatic rings. The minimum atomic E-state index is -0.897. The summed E-state index contributed by atoms with van der Waals surface area (Å²) in [7, 11) is 0. The van der Waals surface area contributed by atoms with Gasteiger partial charge in [-0.2, -0.15) is 0 Å². The van der Waals surface area contributed by atoms with Gasteiger partial charge >= 0.3 is 5.97 Å². The van der Waals surface area contributed by atoms with Crippen LogP contribution in [0.15, 0.2) is 121 Å². The van der Waals surface area contributed by atoms with Crippen molar-refractivity contribution in [2.24, 2.45) is 0 Å². The number of carbonyl (C=O) groups excluding carboxylic acids is 2. The zero-order chi connectivity index (χ0) is 37.8. The molecule has 0 aromatic heterocycles. The molecule has 0 radical (unpaired) electrons. The third-order valence-electron chi connectivity index (χ3n) is 8.00. The Balaban J connectivity index is 0.916. The fourth-order valence-corrected chi connectivity index (χ4v) is 5.41. The Hall–Kier alpha value is -4.30. The SMILES string of the molecule is O=C(OCCOCCOCCOCCOCCOCCOCCOCCOC(c1ccccc1)(c1ccccc1)c1ccccc1)C(=O)c1ccccc1. The predicted molar refractivity (Wildman–Crippen MR) is 203 cm³/mol. The van der Waals surface area contributed by atoms with Crippen LogP contribution in [0.4, 0.5) is 0 Å². The molecule has 0 unspecified atom stereocenters. The first-order valence-corrected chi connectivity index (χ1v) is 18.3. The number of ketones is 1. The minimum Gasteiger partial charge on any atom is -0.457 e. The first kappa shape index (κ1) is 42.4. The van der Waals surface area contributed by atoms with Gasteiger partial charge in [0.05, 0.1) is 99.1 Å². The van der Waals surface area contributed by atoms with Gasteiger partial charge in [0, 0.05) is 5.56 Å². The lowest BCUT2D eigenvalue weighted by atomic mass is 9.80. The molecular formula is C43H52O11. The number of benzene rings is 4. The molecule has 0 aliphatic carbocycles. The quantitative estimate of drug-likeness (QED) is 0.0221. The number of esters is 1. The summed E-state index contributed by atoms with van der Waals surface area (Å²) in [6.07, 6.45) is 0. The van der Waals surface area contributed by atoms with Crippen molar-refractivity contribution in [2.45, 2.75) is 5.60 Å². The van der Waals surface area contributed by atoms with Crippen molar-refractivity contribution in [3.63, 3.8) is 0 Å². The number of hydrogen-bond acceptors (Lipinski definition) is 11. The van der Waals surface area contributed by atoms with Gasteiger partial charge in [-0.1, -0.05) is 121 Å². The third kappa shape index (κ3) is 15.2. The summed E-state index contributed by atoms with van der Waals surface area (Å²) in [5, 5.41) is 0. The lowest BCUT2D eigenvalue weighted by Gasteiger charge is -2.36. The van der Waals surface area contributed by atoms with Crippen molar-refractivity contribution in [3.8, 4) is 0 Å². The maximum absolute atomic E-state index is 11.9. The normalized spacial score (nSPS) is 11.4. The van der Waals surface area contributed by atoms with Gasteiger partial charge in [-0.3, -0.25) is 4.79 Å². The van der Waals surface area contributed by atoms with Gasteiger partial charge in [0.1, 0.15) is 12.2 Å². The summed E-state index contributed by atoms with van der Waals surface area (Å²) >= 11 is 0. The Bertz CT molecular complexity index is 1440. The molecule has 4 aromatic carbocycles. The van der Waals surface area contributed by atoms with Gasteiger partial charge in [-0.15, -0.1) is 0 Å². The highest BCUT2D eigenvalue weighted by molar-refractivity contribution is 6.40. The standard InChI is InChI=1S/C43H52O11/c44-41(37-13-5-1-6-14-37)42(45)53-35-33-51-31-29-49-27-25-47-23-21-46-22-24-48-26-28-50-30-32-52-34-36-54-43(38-15-7-2-8-16-38,39-17-9-3-10-18-39)40-19-11-4-12-20-40/h1-20H,21-36H2. The average molecular weight is 745 g/mol. The molecule has 11 heteroatoms. The van der Waals surface area contributed by atoms with E-state index in [0.717, 1.165) is 16.7 Å². The van der Waals surface area contributed by atoms with Gasteiger partial charge in [0.2, 0.25) is 0 Å². The van der Waals surface area contributed by atoms with Gasteiger partial charge in [0.25, 0.3) is 5.78 Å². The van der Waals surface area contributed by atoms with Crippen LogP contribution in [0.1, 0.15) is 27.0 Å². The molecular weight excluding hydrogens is 692 g/mol. The van der Waals surface area contributed by atoms with Crippen molar-refractivity contribution in [3.05, 3.63) is 144 Å². The van der Waals surface area contributed by atoms with E-state index in [2.05, 4.69) is 36.4 Å². The summed E-state index contributed by atoms with van der Waals surface area (Å²) in [4.78, 5) is 23.7. The Morgan fingerprint density at radius 2 is 0.630 bits per heavy atom. The van der Waals surface area contributed by atoms with E-state index < -0.39 is 17.4 Å². The van der Waals surface area contributed by atoms with Gasteiger partial charge in [0.15, 0.2) is 0 Å². The molecule has 0 bridgehead atoms. The Morgan fingerprint density at radius 3 is 0.963 bits per heavy atom. The Kier molecular flexibility index (Phi) is 20.8. The van der Waals surface area contributed by atoms with E-state index in [-0.39, 0.29) is 13.2 Å². The second kappa shape index (κ2) is 26.5. The van der Waals surface area contributed by atoms with Crippen LogP contribution in [0.3, 0.4) is 0 Å². The Morgan fingerprint density at radius 1 is 0.352 bits per heavy atom. The molecule has 54 heavy (non-hydrogen) atoms. The summed E-state index contributed by atoms with van der Waals surface area (Å²) in [5.74, 6) is -1.57. The van der Waals surface area contributed by atoms with Crippen LogP contribution >= 0.6 is 0 Å². The number of carbonyl (C=O) groups is 2.